The average molecular weight is 376 g/mol. The van der Waals surface area contributed by atoms with Crippen LogP contribution in [0, 0.1) is 17.8 Å². The zero-order valence-corrected chi connectivity index (χ0v) is 15.7. The zero-order valence-electron chi connectivity index (χ0n) is 15.7. The molecular formula is C21H29FN2O3. The molecule has 1 amide bonds. The quantitative estimate of drug-likeness (QED) is 0.821. The minimum Gasteiger partial charge on any atom is -0.374 e. The highest BCUT2D eigenvalue weighted by atomic mass is 19.1. The van der Waals surface area contributed by atoms with Crippen molar-refractivity contribution < 1.29 is 13.9 Å². The number of aromatic nitrogens is 1. The second-order valence-electron chi connectivity index (χ2n) is 8.50. The molecule has 27 heavy (non-hydrogen) atoms. The van der Waals surface area contributed by atoms with E-state index in [2.05, 4.69) is 10.3 Å². The van der Waals surface area contributed by atoms with E-state index in [1.807, 2.05) is 0 Å². The summed E-state index contributed by atoms with van der Waals surface area (Å²) >= 11 is 0. The number of ether oxygens (including phenoxy) is 1. The summed E-state index contributed by atoms with van der Waals surface area (Å²) in [6.45, 7) is 0. The van der Waals surface area contributed by atoms with Crippen molar-refractivity contribution in [3.63, 3.8) is 0 Å². The van der Waals surface area contributed by atoms with Gasteiger partial charge < -0.3 is 15.0 Å². The maximum absolute atomic E-state index is 14.0. The van der Waals surface area contributed by atoms with E-state index in [0.717, 1.165) is 24.7 Å². The first-order chi connectivity index (χ1) is 13.1. The van der Waals surface area contributed by atoms with Crippen molar-refractivity contribution in [3.05, 3.63) is 28.7 Å². The number of amides is 1. The minimum absolute atomic E-state index is 0.191. The summed E-state index contributed by atoms with van der Waals surface area (Å²) < 4.78 is 20.3. The van der Waals surface area contributed by atoms with Gasteiger partial charge in [-0.15, -0.1) is 0 Å². The number of rotatable bonds is 5. The number of aromatic amines is 1. The van der Waals surface area contributed by atoms with Crippen LogP contribution in [0.1, 0.15) is 57.8 Å². The number of carbonyl (C=O) groups excluding carboxylic acids is 1. The zero-order chi connectivity index (χ0) is 18.8. The predicted molar refractivity (Wildman–Crippen MR) is 101 cm³/mol. The third-order valence-corrected chi connectivity index (χ3v) is 6.48. The number of nitrogens with one attached hydrogen (secondary N) is 2. The Morgan fingerprint density at radius 1 is 1.07 bits per heavy atom. The van der Waals surface area contributed by atoms with Crippen LogP contribution in [0.15, 0.2) is 23.1 Å². The molecule has 3 aliphatic carbocycles. The van der Waals surface area contributed by atoms with Crippen molar-refractivity contribution in [3.8, 4) is 0 Å². The van der Waals surface area contributed by atoms with Crippen molar-refractivity contribution in [1.29, 1.82) is 0 Å². The summed E-state index contributed by atoms with van der Waals surface area (Å²) in [6, 6.07) is 2.97. The third kappa shape index (κ3) is 4.78. The van der Waals surface area contributed by atoms with Crippen molar-refractivity contribution in [1.82, 2.24) is 4.98 Å². The Hall–Kier alpha value is -1.69. The molecule has 0 aliphatic heterocycles. The number of anilines is 1. The van der Waals surface area contributed by atoms with Crippen LogP contribution in [-0.2, 0) is 9.53 Å². The summed E-state index contributed by atoms with van der Waals surface area (Å²) in [5.74, 6) is 1.05. The molecule has 3 fully saturated rings. The SMILES string of the molecule is O=C(Nc1cc[nH]c(=O)c1)C1CC(F)CCC1OC1CCC(C2CC2)CC1. The van der Waals surface area contributed by atoms with E-state index in [4.69, 9.17) is 4.74 Å². The Bertz CT molecular complexity index is 709. The van der Waals surface area contributed by atoms with Gasteiger partial charge in [0.05, 0.1) is 18.1 Å². The van der Waals surface area contributed by atoms with Crippen LogP contribution < -0.4 is 10.9 Å². The highest BCUT2D eigenvalue weighted by Gasteiger charge is 2.39. The van der Waals surface area contributed by atoms with Crippen molar-refractivity contribution >= 4 is 11.6 Å². The molecule has 1 aromatic rings. The van der Waals surface area contributed by atoms with Gasteiger partial charge in [0.1, 0.15) is 6.17 Å². The molecule has 0 bridgehead atoms. The molecule has 3 saturated carbocycles. The molecule has 3 aliphatic rings. The van der Waals surface area contributed by atoms with Crippen LogP contribution in [0.5, 0.6) is 0 Å². The highest BCUT2D eigenvalue weighted by molar-refractivity contribution is 5.92. The topological polar surface area (TPSA) is 71.2 Å². The van der Waals surface area contributed by atoms with Crippen LogP contribution in [-0.4, -0.2) is 29.3 Å². The molecule has 3 atom stereocenters. The molecule has 2 N–H and O–H groups in total. The number of carbonyl (C=O) groups is 1. The molecule has 1 aromatic heterocycles. The molecule has 6 heteroatoms. The van der Waals surface area contributed by atoms with Crippen LogP contribution in [0.3, 0.4) is 0 Å². The van der Waals surface area contributed by atoms with Gasteiger partial charge in [-0.2, -0.15) is 0 Å². The average Bonchev–Trinajstić information content (AvgIpc) is 3.49. The molecule has 3 unspecified atom stereocenters. The summed E-state index contributed by atoms with van der Waals surface area (Å²) in [4.78, 5) is 26.7. The molecule has 0 saturated heterocycles. The molecule has 5 nitrogen and oxygen atoms in total. The first kappa shape index (κ1) is 18.7. The van der Waals surface area contributed by atoms with Gasteiger partial charge >= 0.3 is 0 Å². The van der Waals surface area contributed by atoms with Crippen LogP contribution in [0.25, 0.3) is 0 Å². The lowest BCUT2D eigenvalue weighted by Gasteiger charge is -2.37. The summed E-state index contributed by atoms with van der Waals surface area (Å²) in [6.07, 6.45) is 9.03. The molecule has 0 radical (unpaired) electrons. The van der Waals surface area contributed by atoms with Gasteiger partial charge in [0.2, 0.25) is 11.5 Å². The third-order valence-electron chi connectivity index (χ3n) is 6.48. The number of halogens is 1. The number of pyridine rings is 1. The van der Waals surface area contributed by atoms with Crippen LogP contribution in [0.2, 0.25) is 0 Å². The fourth-order valence-electron chi connectivity index (χ4n) is 4.80. The number of alkyl halides is 1. The Morgan fingerprint density at radius 3 is 2.44 bits per heavy atom. The van der Waals surface area contributed by atoms with Crippen molar-refractivity contribution in [2.45, 2.75) is 76.2 Å². The second kappa shape index (κ2) is 8.13. The highest BCUT2D eigenvalue weighted by Crippen LogP contribution is 2.45. The first-order valence-corrected chi connectivity index (χ1v) is 10.4. The number of hydrogen-bond acceptors (Lipinski definition) is 3. The normalized spacial score (nSPS) is 34.2. The van der Waals surface area contributed by atoms with E-state index in [0.29, 0.717) is 18.5 Å². The molecular weight excluding hydrogens is 347 g/mol. The van der Waals surface area contributed by atoms with E-state index >= 15 is 0 Å². The van der Waals surface area contributed by atoms with E-state index in [-0.39, 0.29) is 30.1 Å². The Balaban J connectivity index is 1.36. The van der Waals surface area contributed by atoms with Gasteiger partial charge in [-0.1, -0.05) is 0 Å². The van der Waals surface area contributed by atoms with Gasteiger partial charge in [-0.3, -0.25) is 9.59 Å². The number of hydrogen-bond donors (Lipinski definition) is 2. The Kier molecular flexibility index (Phi) is 5.62. The van der Waals surface area contributed by atoms with Gasteiger partial charge in [0.15, 0.2) is 0 Å². The van der Waals surface area contributed by atoms with Crippen LogP contribution >= 0.6 is 0 Å². The number of H-pyrrole nitrogens is 1. The maximum atomic E-state index is 14.0. The monoisotopic (exact) mass is 376 g/mol. The van der Waals surface area contributed by atoms with Crippen LogP contribution in [0.4, 0.5) is 10.1 Å². The molecule has 4 rings (SSSR count). The predicted octanol–water partition coefficient (Wildman–Crippen LogP) is 3.81. The smallest absolute Gasteiger partial charge is 0.249 e. The van der Waals surface area contributed by atoms with E-state index in [9.17, 15) is 14.0 Å². The minimum atomic E-state index is -0.967. The lowest BCUT2D eigenvalue weighted by atomic mass is 9.82. The standard InChI is InChI=1S/C21H29FN2O3/c22-15-5-8-19(27-17-6-3-14(4-7-17)13-1-2-13)18(11-15)21(26)24-16-9-10-23-20(25)12-16/h9-10,12-15,17-19H,1-8,11H2,(H2,23,24,25,26). The van der Waals surface area contributed by atoms with Gasteiger partial charge in [0.25, 0.3) is 0 Å². The van der Waals surface area contributed by atoms with E-state index < -0.39 is 12.1 Å². The molecule has 1 heterocycles. The lowest BCUT2D eigenvalue weighted by molar-refractivity contribution is -0.135. The molecule has 0 spiro atoms. The summed E-state index contributed by atoms with van der Waals surface area (Å²) in [5.41, 5.74) is 0.161. The molecule has 148 valence electrons. The van der Waals surface area contributed by atoms with Crippen molar-refractivity contribution in [2.75, 3.05) is 5.32 Å². The Morgan fingerprint density at radius 2 is 1.78 bits per heavy atom. The first-order valence-electron chi connectivity index (χ1n) is 10.4. The van der Waals surface area contributed by atoms with Gasteiger partial charge in [-0.05, 0) is 75.7 Å². The second-order valence-corrected chi connectivity index (χ2v) is 8.50. The maximum Gasteiger partial charge on any atom is 0.249 e. The lowest BCUT2D eigenvalue weighted by Crippen LogP contribution is -2.42. The van der Waals surface area contributed by atoms with E-state index in [1.54, 1.807) is 6.07 Å². The van der Waals surface area contributed by atoms with Gasteiger partial charge in [0, 0.05) is 18.0 Å². The fraction of sp³-hybridized carbons (Fsp3) is 0.714. The largest absolute Gasteiger partial charge is 0.374 e. The summed E-state index contributed by atoms with van der Waals surface area (Å²) in [7, 11) is 0. The van der Waals surface area contributed by atoms with E-state index in [1.165, 1.54) is 37.9 Å². The fourth-order valence-corrected chi connectivity index (χ4v) is 4.80. The summed E-state index contributed by atoms with van der Waals surface area (Å²) in [5, 5.41) is 2.76. The Labute approximate surface area is 159 Å². The van der Waals surface area contributed by atoms with Gasteiger partial charge in [-0.25, -0.2) is 4.39 Å². The van der Waals surface area contributed by atoms with Crippen molar-refractivity contribution in [2.24, 2.45) is 17.8 Å². The molecule has 0 aromatic carbocycles.